The first-order chi connectivity index (χ1) is 2.94. The van der Waals surface area contributed by atoms with Crippen LogP contribution in [0.15, 0.2) is 0 Å². The Morgan fingerprint density at radius 1 is 1.57 bits per heavy atom. The van der Waals surface area contributed by atoms with Crippen molar-refractivity contribution in [2.24, 2.45) is 0 Å². The third-order valence-electron chi connectivity index (χ3n) is 0.211. The Hall–Kier alpha value is 0.0529. The van der Waals surface area contributed by atoms with Crippen molar-refractivity contribution >= 4 is 21.9 Å². The molecule has 0 rings (SSSR count). The van der Waals surface area contributed by atoms with Crippen molar-refractivity contribution in [1.82, 2.24) is 0 Å². The molecule has 7 heavy (non-hydrogen) atoms. The molecule has 0 fully saturated rings. The molecule has 7 heteroatoms. The Balaban J connectivity index is 4.43. The van der Waals surface area contributed by atoms with E-state index in [1.54, 1.807) is 0 Å². The Morgan fingerprint density at radius 2 is 1.71 bits per heavy atom. The van der Waals surface area contributed by atoms with Gasteiger partial charge in [0.2, 0.25) is 0 Å². The molecule has 0 atom stereocenters. The Bertz CT molecular complexity index is 163. The topological polar surface area (TPSA) is 94.5 Å². The molecule has 0 radical (unpaired) electrons. The molecule has 0 unspecified atom stereocenters. The standard InChI is InChI=1S/GeHO5S/c2-1(3)7(4,5)6/h(H,4,5,6)/q-1. The van der Waals surface area contributed by atoms with Crippen LogP contribution in [0.4, 0.5) is 0 Å². The molecular weight excluding hydrogens is 185 g/mol. The monoisotopic (exact) mass is 187 g/mol. The van der Waals surface area contributed by atoms with Crippen molar-refractivity contribution in [3.63, 3.8) is 0 Å². The van der Waals surface area contributed by atoms with Crippen LogP contribution in [0.1, 0.15) is 0 Å². The quantitative estimate of drug-likeness (QED) is 0.365. The molecule has 0 aliphatic heterocycles. The molecule has 42 valence electrons. The zero-order chi connectivity index (χ0) is 6.08. The van der Waals surface area contributed by atoms with E-state index >= 15 is 0 Å². The summed E-state index contributed by atoms with van der Waals surface area (Å²) in [4.78, 5) is 0. The molecule has 0 aliphatic rings. The molecule has 0 amide bonds. The minimum atomic E-state index is -4.69. The first-order valence-electron chi connectivity index (χ1n) is 1.13. The van der Waals surface area contributed by atoms with Gasteiger partial charge >= 0.3 is 42.8 Å². The summed E-state index contributed by atoms with van der Waals surface area (Å²) in [6, 6.07) is 0. The van der Waals surface area contributed by atoms with Crippen molar-refractivity contribution < 1.29 is 20.9 Å². The second kappa shape index (κ2) is 1.89. The molecule has 0 aromatic rings. The molecule has 1 N–H and O–H groups in total. The van der Waals surface area contributed by atoms with Crippen LogP contribution in [0, 0.1) is 0 Å². The van der Waals surface area contributed by atoms with Crippen LogP contribution in [0.2, 0.25) is 0 Å². The van der Waals surface area contributed by atoms with E-state index in [1.807, 2.05) is 0 Å². The third kappa shape index (κ3) is 2.71. The fourth-order valence-corrected chi connectivity index (χ4v) is 0. The van der Waals surface area contributed by atoms with E-state index in [0.29, 0.717) is 0 Å². The maximum absolute atomic E-state index is 9.34. The predicted octanol–water partition coefficient (Wildman–Crippen LogP) is -2.35. The van der Waals surface area contributed by atoms with Crippen molar-refractivity contribution in [3.05, 3.63) is 0 Å². The maximum atomic E-state index is 9.34. The summed E-state index contributed by atoms with van der Waals surface area (Å²) < 4.78 is 44.8. The van der Waals surface area contributed by atoms with Gasteiger partial charge in [0.15, 0.2) is 0 Å². The normalized spacial score (nSPS) is 11.0. The summed E-state index contributed by atoms with van der Waals surface area (Å²) in [6.07, 6.45) is 0. The van der Waals surface area contributed by atoms with E-state index < -0.39 is 21.9 Å². The van der Waals surface area contributed by atoms with Gasteiger partial charge in [-0.1, -0.05) is 0 Å². The van der Waals surface area contributed by atoms with Gasteiger partial charge in [-0.3, -0.25) is 0 Å². The van der Waals surface area contributed by atoms with Crippen LogP contribution in [-0.2, 0) is 12.2 Å². The van der Waals surface area contributed by atoms with Gasteiger partial charge in [0.25, 0.3) is 0 Å². The van der Waals surface area contributed by atoms with E-state index in [9.17, 15) is 16.3 Å². The van der Waals surface area contributed by atoms with Crippen LogP contribution in [0.5, 0.6) is 0 Å². The molecule has 0 spiro atoms. The summed E-state index contributed by atoms with van der Waals surface area (Å²) in [5, 5.41) is 0. The van der Waals surface area contributed by atoms with Gasteiger partial charge in [-0.25, -0.2) is 0 Å². The van der Waals surface area contributed by atoms with Gasteiger partial charge in [0.1, 0.15) is 0 Å². The van der Waals surface area contributed by atoms with E-state index in [1.165, 1.54) is 0 Å². The summed E-state index contributed by atoms with van der Waals surface area (Å²) in [5.74, 6) is 0. The molecule has 0 heterocycles. The first-order valence-corrected chi connectivity index (χ1v) is 6.85. The molecule has 0 aromatic carbocycles. The molecular formula is HGeO5S-. The zero-order valence-electron chi connectivity index (χ0n) is 2.99. The average Bonchev–Trinajstić information content (AvgIpc) is 1.31. The number of hydrogen-bond donors (Lipinski definition) is 1. The third-order valence-corrected chi connectivity index (χ3v) is 3.28. The van der Waals surface area contributed by atoms with Crippen LogP contribution >= 0.6 is 0 Å². The van der Waals surface area contributed by atoms with E-state index in [4.69, 9.17) is 4.55 Å². The van der Waals surface area contributed by atoms with Gasteiger partial charge in [-0.2, -0.15) is 0 Å². The zero-order valence-corrected chi connectivity index (χ0v) is 5.90. The molecule has 0 bridgehead atoms. The fourth-order valence-electron chi connectivity index (χ4n) is 0. The van der Waals surface area contributed by atoms with Crippen LogP contribution in [0.3, 0.4) is 0 Å². The minimum absolute atomic E-state index is 4.56. The van der Waals surface area contributed by atoms with E-state index in [0.717, 1.165) is 0 Å². The Kier molecular flexibility index (Phi) is 1.90. The van der Waals surface area contributed by atoms with Crippen LogP contribution in [0.25, 0.3) is 0 Å². The number of hydrogen-bond acceptors (Lipinski definition) is 4. The fraction of sp³-hybridized carbons (Fsp3) is 0. The van der Waals surface area contributed by atoms with E-state index in [2.05, 4.69) is 0 Å². The van der Waals surface area contributed by atoms with Gasteiger partial charge in [-0.15, -0.1) is 0 Å². The molecule has 0 aliphatic carbocycles. The van der Waals surface area contributed by atoms with Crippen molar-refractivity contribution in [2.75, 3.05) is 0 Å². The molecule has 0 saturated carbocycles. The average molecular weight is 186 g/mol. The first kappa shape index (κ1) is 7.05. The van der Waals surface area contributed by atoms with Gasteiger partial charge in [0, 0.05) is 0 Å². The second-order valence-corrected chi connectivity index (χ2v) is 7.70. The number of rotatable bonds is 1. The summed E-state index contributed by atoms with van der Waals surface area (Å²) in [5.41, 5.74) is 0. The predicted molar refractivity (Wildman–Crippen MR) is 18.0 cm³/mol. The summed E-state index contributed by atoms with van der Waals surface area (Å²) >= 11 is -4.56. The van der Waals surface area contributed by atoms with Gasteiger partial charge < -0.3 is 0 Å². The SMILES string of the molecule is [O]=[Ge]([O-])[S](=O)(=O)O. The van der Waals surface area contributed by atoms with Crippen molar-refractivity contribution in [1.29, 1.82) is 0 Å². The summed E-state index contributed by atoms with van der Waals surface area (Å²) in [6.45, 7) is 0. The Morgan fingerprint density at radius 3 is 1.71 bits per heavy atom. The second-order valence-electron chi connectivity index (χ2n) is 0.725. The molecule has 5 nitrogen and oxygen atoms in total. The Labute approximate surface area is 43.4 Å². The molecule has 0 saturated heterocycles. The van der Waals surface area contributed by atoms with Crippen LogP contribution < -0.4 is 4.13 Å². The summed E-state index contributed by atoms with van der Waals surface area (Å²) in [7, 11) is -4.69. The van der Waals surface area contributed by atoms with Crippen molar-refractivity contribution in [2.45, 2.75) is 0 Å². The molecule has 0 aromatic heterocycles. The van der Waals surface area contributed by atoms with Gasteiger partial charge in [-0.05, 0) is 0 Å². The van der Waals surface area contributed by atoms with E-state index in [-0.39, 0.29) is 0 Å². The van der Waals surface area contributed by atoms with Crippen LogP contribution in [-0.4, -0.2) is 26.4 Å². The van der Waals surface area contributed by atoms with Crippen molar-refractivity contribution in [3.8, 4) is 0 Å². The van der Waals surface area contributed by atoms with Gasteiger partial charge in [0.05, 0.1) is 0 Å².